The standard InChI is InChI=1S/C23H20Cl2FN5O/c1-13-11-28-23-19(13)14(6-8-27-23)20-17-12-30(18(32)5-7-24)9-10-31(17)29-22(20)15-3-2-4-16(25)21(15)26/h2-4,6,8,11H,5,7,9-10,12H2,1H3,(H,27,28). The van der Waals surface area contributed by atoms with E-state index in [-0.39, 0.29) is 23.2 Å². The number of hydrogen-bond acceptors (Lipinski definition) is 3. The molecule has 0 bridgehead atoms. The van der Waals surface area contributed by atoms with Gasteiger partial charge in [0.05, 0.1) is 23.8 Å². The van der Waals surface area contributed by atoms with Crippen LogP contribution in [0.3, 0.4) is 0 Å². The van der Waals surface area contributed by atoms with E-state index in [2.05, 4.69) is 9.97 Å². The summed E-state index contributed by atoms with van der Waals surface area (Å²) in [6, 6.07) is 6.82. The molecule has 5 rings (SSSR count). The maximum absolute atomic E-state index is 15.1. The van der Waals surface area contributed by atoms with Gasteiger partial charge in [-0.1, -0.05) is 17.7 Å². The Morgan fingerprint density at radius 3 is 2.91 bits per heavy atom. The first-order valence-electron chi connectivity index (χ1n) is 10.3. The topological polar surface area (TPSA) is 66.8 Å². The first-order valence-corrected chi connectivity index (χ1v) is 11.2. The molecule has 6 nitrogen and oxygen atoms in total. The highest BCUT2D eigenvalue weighted by molar-refractivity contribution is 6.31. The van der Waals surface area contributed by atoms with Gasteiger partial charge in [0, 0.05) is 47.8 Å². The number of aryl methyl sites for hydroxylation is 1. The highest BCUT2D eigenvalue weighted by Gasteiger charge is 2.30. The Morgan fingerprint density at radius 2 is 2.09 bits per heavy atom. The monoisotopic (exact) mass is 471 g/mol. The molecule has 1 N–H and O–H groups in total. The maximum atomic E-state index is 15.1. The molecule has 0 saturated carbocycles. The van der Waals surface area contributed by atoms with Crippen LogP contribution in [0.2, 0.25) is 5.02 Å². The molecule has 0 saturated heterocycles. The molecule has 164 valence electrons. The summed E-state index contributed by atoms with van der Waals surface area (Å²) in [5.74, 6) is -0.253. The molecule has 1 aromatic carbocycles. The molecule has 4 aromatic rings. The minimum atomic E-state index is -0.517. The van der Waals surface area contributed by atoms with Crippen molar-refractivity contribution in [1.82, 2.24) is 24.6 Å². The molecule has 0 unspecified atom stereocenters. The number of amides is 1. The van der Waals surface area contributed by atoms with Crippen molar-refractivity contribution < 1.29 is 9.18 Å². The molecule has 0 fully saturated rings. The van der Waals surface area contributed by atoms with E-state index < -0.39 is 5.82 Å². The van der Waals surface area contributed by atoms with Crippen molar-refractivity contribution in [3.8, 4) is 22.4 Å². The largest absolute Gasteiger partial charge is 0.346 e. The lowest BCUT2D eigenvalue weighted by Gasteiger charge is -2.28. The number of hydrogen-bond donors (Lipinski definition) is 1. The Labute approximate surface area is 194 Å². The van der Waals surface area contributed by atoms with Gasteiger partial charge in [0.15, 0.2) is 5.82 Å². The van der Waals surface area contributed by atoms with E-state index in [4.69, 9.17) is 28.3 Å². The van der Waals surface area contributed by atoms with Crippen LogP contribution in [0.4, 0.5) is 4.39 Å². The highest BCUT2D eigenvalue weighted by atomic mass is 35.5. The van der Waals surface area contributed by atoms with E-state index in [1.807, 2.05) is 23.9 Å². The molecule has 0 radical (unpaired) electrons. The van der Waals surface area contributed by atoms with Gasteiger partial charge in [-0.3, -0.25) is 9.48 Å². The Kier molecular flexibility index (Phi) is 5.39. The van der Waals surface area contributed by atoms with Gasteiger partial charge in [0.2, 0.25) is 5.91 Å². The zero-order valence-electron chi connectivity index (χ0n) is 17.3. The molecular formula is C23H20Cl2FN5O. The number of fused-ring (bicyclic) bond motifs is 2. The number of nitrogens with one attached hydrogen (secondary N) is 1. The Balaban J connectivity index is 1.77. The predicted octanol–water partition coefficient (Wildman–Crippen LogP) is 5.17. The number of benzene rings is 1. The Bertz CT molecular complexity index is 1350. The van der Waals surface area contributed by atoms with Gasteiger partial charge < -0.3 is 9.88 Å². The summed E-state index contributed by atoms with van der Waals surface area (Å²) in [6.07, 6.45) is 3.89. The molecule has 1 aliphatic rings. The molecule has 0 spiro atoms. The zero-order chi connectivity index (χ0) is 22.4. The van der Waals surface area contributed by atoms with Crippen molar-refractivity contribution in [2.45, 2.75) is 26.4 Å². The van der Waals surface area contributed by atoms with E-state index >= 15 is 4.39 Å². The van der Waals surface area contributed by atoms with Gasteiger partial charge in [0.25, 0.3) is 0 Å². The number of H-pyrrole nitrogens is 1. The molecule has 1 amide bonds. The van der Waals surface area contributed by atoms with Crippen molar-refractivity contribution in [2.75, 3.05) is 12.4 Å². The van der Waals surface area contributed by atoms with Gasteiger partial charge in [-0.25, -0.2) is 9.37 Å². The van der Waals surface area contributed by atoms with Gasteiger partial charge in [-0.15, -0.1) is 11.6 Å². The quantitative estimate of drug-likeness (QED) is 0.417. The van der Waals surface area contributed by atoms with Crippen LogP contribution in [-0.2, 0) is 17.9 Å². The minimum absolute atomic E-state index is 0.00779. The molecule has 4 heterocycles. The third-order valence-electron chi connectivity index (χ3n) is 5.89. The summed E-state index contributed by atoms with van der Waals surface area (Å²) in [4.78, 5) is 22.0. The summed E-state index contributed by atoms with van der Waals surface area (Å²) in [6.45, 7) is 3.40. The molecule has 3 aromatic heterocycles. The summed E-state index contributed by atoms with van der Waals surface area (Å²) < 4.78 is 17.0. The van der Waals surface area contributed by atoms with Crippen LogP contribution in [0, 0.1) is 12.7 Å². The number of nitrogens with zero attached hydrogens (tertiary/aromatic N) is 4. The average molecular weight is 472 g/mol. The summed E-state index contributed by atoms with van der Waals surface area (Å²) in [7, 11) is 0. The molecule has 32 heavy (non-hydrogen) atoms. The number of pyridine rings is 1. The van der Waals surface area contributed by atoms with E-state index in [9.17, 15) is 4.79 Å². The van der Waals surface area contributed by atoms with Crippen molar-refractivity contribution in [1.29, 1.82) is 0 Å². The van der Waals surface area contributed by atoms with E-state index in [0.29, 0.717) is 30.9 Å². The fourth-order valence-electron chi connectivity index (χ4n) is 4.36. The van der Waals surface area contributed by atoms with Crippen LogP contribution in [0.15, 0.2) is 36.7 Å². The Hall–Kier alpha value is -2.90. The number of aromatic nitrogens is 4. The lowest BCUT2D eigenvalue weighted by atomic mass is 9.95. The molecule has 0 aliphatic carbocycles. The number of aromatic amines is 1. The number of alkyl halides is 1. The van der Waals surface area contributed by atoms with E-state index in [0.717, 1.165) is 33.4 Å². The molecule has 0 atom stereocenters. The second-order valence-electron chi connectivity index (χ2n) is 7.80. The smallest absolute Gasteiger partial charge is 0.224 e. The second kappa shape index (κ2) is 8.22. The van der Waals surface area contributed by atoms with Crippen LogP contribution < -0.4 is 0 Å². The second-order valence-corrected chi connectivity index (χ2v) is 8.59. The number of halogens is 3. The zero-order valence-corrected chi connectivity index (χ0v) is 18.8. The highest BCUT2D eigenvalue weighted by Crippen LogP contribution is 2.41. The Morgan fingerprint density at radius 1 is 1.25 bits per heavy atom. The summed E-state index contributed by atoms with van der Waals surface area (Å²) in [5, 5.41) is 5.76. The van der Waals surface area contributed by atoms with Crippen molar-refractivity contribution in [3.63, 3.8) is 0 Å². The van der Waals surface area contributed by atoms with Crippen LogP contribution in [0.5, 0.6) is 0 Å². The van der Waals surface area contributed by atoms with Gasteiger partial charge in [-0.2, -0.15) is 5.10 Å². The summed E-state index contributed by atoms with van der Waals surface area (Å²) >= 11 is 11.9. The number of rotatable bonds is 4. The van der Waals surface area contributed by atoms with Crippen LogP contribution in [-0.4, -0.2) is 43.0 Å². The fourth-order valence-corrected chi connectivity index (χ4v) is 4.69. The third-order valence-corrected chi connectivity index (χ3v) is 6.37. The lowest BCUT2D eigenvalue weighted by molar-refractivity contribution is -0.132. The van der Waals surface area contributed by atoms with Gasteiger partial charge in [0.1, 0.15) is 11.3 Å². The molecular weight excluding hydrogens is 452 g/mol. The first kappa shape index (κ1) is 21.0. The lowest BCUT2D eigenvalue weighted by Crippen LogP contribution is -2.38. The van der Waals surface area contributed by atoms with Crippen LogP contribution in [0.25, 0.3) is 33.4 Å². The minimum Gasteiger partial charge on any atom is -0.346 e. The average Bonchev–Trinajstić information content (AvgIpc) is 3.36. The van der Waals surface area contributed by atoms with Crippen LogP contribution in [0.1, 0.15) is 17.7 Å². The van der Waals surface area contributed by atoms with E-state index in [1.165, 1.54) is 6.07 Å². The third kappa shape index (κ3) is 3.36. The fraction of sp³-hybridized carbons (Fsp3) is 0.261. The van der Waals surface area contributed by atoms with Crippen molar-refractivity contribution in [2.24, 2.45) is 0 Å². The van der Waals surface area contributed by atoms with Crippen molar-refractivity contribution >= 4 is 40.1 Å². The van der Waals surface area contributed by atoms with Gasteiger partial charge in [-0.05, 0) is 36.2 Å². The predicted molar refractivity (Wildman–Crippen MR) is 123 cm³/mol. The normalized spacial score (nSPS) is 13.6. The summed E-state index contributed by atoms with van der Waals surface area (Å²) in [5.41, 5.74) is 5.10. The number of carbonyl (C=O) groups is 1. The van der Waals surface area contributed by atoms with E-state index in [1.54, 1.807) is 23.2 Å². The molecule has 9 heteroatoms. The first-order chi connectivity index (χ1) is 15.5. The van der Waals surface area contributed by atoms with Crippen molar-refractivity contribution in [3.05, 3.63) is 58.8 Å². The SMILES string of the molecule is Cc1c[nH]c2nccc(-c3c(-c4cccc(Cl)c4F)nn4c3CN(C(=O)CCCl)CC4)c12. The number of carbonyl (C=O) groups excluding carboxylic acids is 1. The van der Waals surface area contributed by atoms with Crippen LogP contribution >= 0.6 is 23.2 Å². The maximum Gasteiger partial charge on any atom is 0.224 e. The molecule has 1 aliphatic heterocycles. The van der Waals surface area contributed by atoms with Gasteiger partial charge >= 0.3 is 0 Å².